The Morgan fingerprint density at radius 3 is 2.48 bits per heavy atom. The average Bonchev–Trinajstić information content (AvgIpc) is 2.83. The SMILES string of the molecule is CCOc1ccccc1N1C(=O)NC(=O)/C(=C\c2ccc(N3CCCCC3)cc2OC)C1=O. The van der Waals surface area contributed by atoms with E-state index in [9.17, 15) is 14.4 Å². The molecule has 2 aliphatic heterocycles. The summed E-state index contributed by atoms with van der Waals surface area (Å²) in [5, 5.41) is 2.25. The molecule has 4 rings (SSSR count). The first-order valence-electron chi connectivity index (χ1n) is 11.1. The standard InChI is InChI=1S/C25H27N3O5/c1-3-33-21-10-6-5-9-20(21)28-24(30)19(23(29)26-25(28)31)15-17-11-12-18(16-22(17)32-2)27-13-7-4-8-14-27/h5-6,9-12,15-16H,3-4,7-8,13-14H2,1-2H3,(H,26,29,31)/b19-15+. The van der Waals surface area contributed by atoms with Crippen LogP contribution in [0.2, 0.25) is 0 Å². The minimum Gasteiger partial charge on any atom is -0.496 e. The Bertz CT molecular complexity index is 1100. The van der Waals surface area contributed by atoms with Crippen LogP contribution in [0, 0.1) is 0 Å². The van der Waals surface area contributed by atoms with Gasteiger partial charge in [0.25, 0.3) is 11.8 Å². The van der Waals surface area contributed by atoms with E-state index in [2.05, 4.69) is 10.2 Å². The minimum atomic E-state index is -0.818. The Balaban J connectivity index is 1.69. The summed E-state index contributed by atoms with van der Waals surface area (Å²) in [5.41, 5.74) is 1.72. The van der Waals surface area contributed by atoms with Crippen LogP contribution in [0.1, 0.15) is 31.7 Å². The van der Waals surface area contributed by atoms with Crippen molar-refractivity contribution >= 4 is 35.3 Å². The summed E-state index contributed by atoms with van der Waals surface area (Å²) < 4.78 is 11.1. The minimum absolute atomic E-state index is 0.162. The number of barbiturate groups is 1. The van der Waals surface area contributed by atoms with Crippen molar-refractivity contribution in [3.63, 3.8) is 0 Å². The van der Waals surface area contributed by atoms with E-state index in [0.717, 1.165) is 36.5 Å². The van der Waals surface area contributed by atoms with E-state index in [-0.39, 0.29) is 11.3 Å². The number of para-hydroxylation sites is 2. The van der Waals surface area contributed by atoms with Gasteiger partial charge in [0.15, 0.2) is 0 Å². The zero-order valence-electron chi connectivity index (χ0n) is 18.8. The van der Waals surface area contributed by atoms with E-state index in [1.54, 1.807) is 31.4 Å². The summed E-state index contributed by atoms with van der Waals surface area (Å²) in [5.74, 6) is -0.555. The molecule has 0 spiro atoms. The fourth-order valence-electron chi connectivity index (χ4n) is 4.12. The van der Waals surface area contributed by atoms with Crippen molar-refractivity contribution in [3.8, 4) is 11.5 Å². The van der Waals surface area contributed by atoms with Gasteiger partial charge in [-0.3, -0.25) is 14.9 Å². The molecule has 172 valence electrons. The highest BCUT2D eigenvalue weighted by atomic mass is 16.5. The van der Waals surface area contributed by atoms with Crippen LogP contribution in [0.5, 0.6) is 11.5 Å². The van der Waals surface area contributed by atoms with Crippen LogP contribution in [0.3, 0.4) is 0 Å². The molecule has 0 atom stereocenters. The Hall–Kier alpha value is -3.81. The first-order valence-corrected chi connectivity index (χ1v) is 11.1. The second-order valence-corrected chi connectivity index (χ2v) is 7.83. The van der Waals surface area contributed by atoms with E-state index in [1.807, 2.05) is 25.1 Å². The molecule has 2 aromatic rings. The fourth-order valence-corrected chi connectivity index (χ4v) is 4.12. The van der Waals surface area contributed by atoms with Gasteiger partial charge in [-0.2, -0.15) is 0 Å². The maximum Gasteiger partial charge on any atom is 0.336 e. The van der Waals surface area contributed by atoms with E-state index in [1.165, 1.54) is 12.5 Å². The summed E-state index contributed by atoms with van der Waals surface area (Å²) in [6.07, 6.45) is 4.99. The molecule has 0 bridgehead atoms. The van der Waals surface area contributed by atoms with Gasteiger partial charge in [0.2, 0.25) is 0 Å². The number of nitrogens with one attached hydrogen (secondary N) is 1. The molecule has 8 nitrogen and oxygen atoms in total. The van der Waals surface area contributed by atoms with Gasteiger partial charge in [-0.15, -0.1) is 0 Å². The lowest BCUT2D eigenvalue weighted by Crippen LogP contribution is -2.54. The first kappa shape index (κ1) is 22.4. The van der Waals surface area contributed by atoms with Gasteiger partial charge in [-0.1, -0.05) is 12.1 Å². The number of rotatable bonds is 6. The number of urea groups is 1. The predicted molar refractivity (Wildman–Crippen MR) is 126 cm³/mol. The van der Waals surface area contributed by atoms with E-state index in [0.29, 0.717) is 23.7 Å². The van der Waals surface area contributed by atoms with E-state index >= 15 is 0 Å². The quantitative estimate of drug-likeness (QED) is 0.534. The highest BCUT2D eigenvalue weighted by Gasteiger charge is 2.38. The normalized spacial score (nSPS) is 17.9. The third-order valence-corrected chi connectivity index (χ3v) is 5.75. The number of piperidine rings is 1. The lowest BCUT2D eigenvalue weighted by molar-refractivity contribution is -0.122. The van der Waals surface area contributed by atoms with Gasteiger partial charge in [0.05, 0.1) is 19.4 Å². The number of amides is 4. The molecular formula is C25H27N3O5. The number of benzene rings is 2. The molecule has 0 radical (unpaired) electrons. The topological polar surface area (TPSA) is 88.2 Å². The molecule has 8 heteroatoms. The van der Waals surface area contributed by atoms with Crippen molar-refractivity contribution in [2.24, 2.45) is 0 Å². The molecule has 2 aliphatic rings. The summed E-state index contributed by atoms with van der Waals surface area (Å²) in [4.78, 5) is 41.7. The number of ether oxygens (including phenoxy) is 2. The van der Waals surface area contributed by atoms with Crippen molar-refractivity contribution in [1.29, 1.82) is 0 Å². The van der Waals surface area contributed by atoms with Crippen molar-refractivity contribution in [3.05, 3.63) is 53.6 Å². The summed E-state index contributed by atoms with van der Waals surface area (Å²) in [7, 11) is 1.55. The molecule has 0 saturated carbocycles. The van der Waals surface area contributed by atoms with Crippen LogP contribution in [-0.2, 0) is 9.59 Å². The molecular weight excluding hydrogens is 422 g/mol. The van der Waals surface area contributed by atoms with Gasteiger partial charge >= 0.3 is 6.03 Å². The molecule has 0 aromatic heterocycles. The highest BCUT2D eigenvalue weighted by Crippen LogP contribution is 2.33. The molecule has 1 N–H and O–H groups in total. The monoisotopic (exact) mass is 449 g/mol. The molecule has 2 heterocycles. The third-order valence-electron chi connectivity index (χ3n) is 5.75. The summed E-state index contributed by atoms with van der Waals surface area (Å²) >= 11 is 0. The maximum atomic E-state index is 13.3. The fraction of sp³-hybridized carbons (Fsp3) is 0.320. The van der Waals surface area contributed by atoms with Gasteiger partial charge in [-0.05, 0) is 56.5 Å². The zero-order chi connectivity index (χ0) is 23.4. The number of methoxy groups -OCH3 is 1. The van der Waals surface area contributed by atoms with E-state index in [4.69, 9.17) is 9.47 Å². The smallest absolute Gasteiger partial charge is 0.336 e. The second kappa shape index (κ2) is 9.77. The average molecular weight is 450 g/mol. The summed E-state index contributed by atoms with van der Waals surface area (Å²) in [6, 6.07) is 11.6. The largest absolute Gasteiger partial charge is 0.496 e. The zero-order valence-corrected chi connectivity index (χ0v) is 18.8. The van der Waals surface area contributed by atoms with E-state index < -0.39 is 17.8 Å². The summed E-state index contributed by atoms with van der Waals surface area (Å²) in [6.45, 7) is 4.15. The molecule has 33 heavy (non-hydrogen) atoms. The number of carbonyl (C=O) groups excluding carboxylic acids is 3. The Labute approximate surface area is 192 Å². The number of hydrogen-bond donors (Lipinski definition) is 1. The Kier molecular flexibility index (Phi) is 6.63. The third kappa shape index (κ3) is 4.55. The molecule has 0 aliphatic carbocycles. The van der Waals surface area contributed by atoms with Crippen LogP contribution >= 0.6 is 0 Å². The number of carbonyl (C=O) groups is 3. The van der Waals surface area contributed by atoms with Gasteiger partial charge in [-0.25, -0.2) is 9.69 Å². The van der Waals surface area contributed by atoms with Crippen molar-refractivity contribution in [1.82, 2.24) is 5.32 Å². The second-order valence-electron chi connectivity index (χ2n) is 7.83. The van der Waals surface area contributed by atoms with Gasteiger partial charge in [0.1, 0.15) is 17.1 Å². The molecule has 4 amide bonds. The number of imide groups is 2. The van der Waals surface area contributed by atoms with Gasteiger partial charge < -0.3 is 14.4 Å². The molecule has 0 unspecified atom stereocenters. The lowest BCUT2D eigenvalue weighted by atomic mass is 10.0. The number of nitrogens with zero attached hydrogens (tertiary/aromatic N) is 2. The molecule has 2 saturated heterocycles. The number of hydrogen-bond acceptors (Lipinski definition) is 6. The highest BCUT2D eigenvalue weighted by molar-refractivity contribution is 6.39. The van der Waals surface area contributed by atoms with Crippen LogP contribution in [0.4, 0.5) is 16.2 Å². The van der Waals surface area contributed by atoms with Crippen LogP contribution in [0.25, 0.3) is 6.08 Å². The maximum absolute atomic E-state index is 13.3. The Morgan fingerprint density at radius 1 is 1.00 bits per heavy atom. The predicted octanol–water partition coefficient (Wildman–Crippen LogP) is 3.75. The first-order chi connectivity index (χ1) is 16.0. The van der Waals surface area contributed by atoms with Crippen molar-refractivity contribution < 1.29 is 23.9 Å². The van der Waals surface area contributed by atoms with Gasteiger partial charge in [0, 0.05) is 30.4 Å². The Morgan fingerprint density at radius 2 is 1.76 bits per heavy atom. The van der Waals surface area contributed by atoms with Crippen LogP contribution in [-0.4, -0.2) is 44.7 Å². The number of anilines is 2. The van der Waals surface area contributed by atoms with Crippen molar-refractivity contribution in [2.75, 3.05) is 36.6 Å². The molecule has 2 aromatic carbocycles. The molecule has 2 fully saturated rings. The van der Waals surface area contributed by atoms with Crippen LogP contribution < -0.4 is 24.6 Å². The van der Waals surface area contributed by atoms with Crippen LogP contribution in [0.15, 0.2) is 48.0 Å². The lowest BCUT2D eigenvalue weighted by Gasteiger charge is -2.29. The van der Waals surface area contributed by atoms with Crippen molar-refractivity contribution in [2.45, 2.75) is 26.2 Å².